The van der Waals surface area contributed by atoms with Gasteiger partial charge in [-0.05, 0) is 43.3 Å². The molecule has 0 saturated heterocycles. The molecule has 6 nitrogen and oxygen atoms in total. The molecule has 0 atom stereocenters. The quantitative estimate of drug-likeness (QED) is 0.776. The summed E-state index contributed by atoms with van der Waals surface area (Å²) in [5.74, 6) is 2.06. The molecule has 1 N–H and O–H groups in total. The van der Waals surface area contributed by atoms with Gasteiger partial charge in [0.15, 0.2) is 6.61 Å². The second kappa shape index (κ2) is 7.17. The number of carbonyl (C=O) groups excluding carboxylic acids is 1. The minimum atomic E-state index is -0.163. The third kappa shape index (κ3) is 3.68. The van der Waals surface area contributed by atoms with Crippen LogP contribution in [-0.4, -0.2) is 36.6 Å². The molecule has 0 bridgehead atoms. The van der Waals surface area contributed by atoms with Crippen LogP contribution in [0.25, 0.3) is 10.9 Å². The lowest BCUT2D eigenvalue weighted by Gasteiger charge is -2.20. The predicted molar refractivity (Wildman–Crippen MR) is 98.3 cm³/mol. The maximum Gasteiger partial charge on any atom is 0.257 e. The van der Waals surface area contributed by atoms with Gasteiger partial charge in [-0.3, -0.25) is 4.79 Å². The third-order valence-corrected chi connectivity index (χ3v) is 3.89. The molecule has 0 aliphatic heterocycles. The first-order chi connectivity index (χ1) is 12.1. The van der Waals surface area contributed by atoms with Crippen LogP contribution in [-0.2, 0) is 4.79 Å². The zero-order chi connectivity index (χ0) is 17.8. The van der Waals surface area contributed by atoms with Crippen molar-refractivity contribution in [3.05, 3.63) is 54.4 Å². The van der Waals surface area contributed by atoms with Gasteiger partial charge in [0.2, 0.25) is 0 Å². The van der Waals surface area contributed by atoms with Crippen LogP contribution in [0.1, 0.15) is 5.82 Å². The summed E-state index contributed by atoms with van der Waals surface area (Å²) in [4.78, 5) is 22.3. The molecule has 0 radical (unpaired) electrons. The van der Waals surface area contributed by atoms with Crippen molar-refractivity contribution < 1.29 is 9.53 Å². The number of aryl methyl sites for hydroxylation is 1. The Kier molecular flexibility index (Phi) is 4.79. The van der Waals surface area contributed by atoms with Crippen LogP contribution in [0.4, 0.5) is 11.5 Å². The largest absolute Gasteiger partial charge is 0.484 e. The third-order valence-electron chi connectivity index (χ3n) is 3.89. The lowest BCUT2D eigenvalue weighted by Crippen LogP contribution is -2.24. The van der Waals surface area contributed by atoms with Gasteiger partial charge in [-0.2, -0.15) is 0 Å². The van der Waals surface area contributed by atoms with E-state index in [0.29, 0.717) is 5.75 Å². The first-order valence-electron chi connectivity index (χ1n) is 7.99. The lowest BCUT2D eigenvalue weighted by atomic mass is 10.2. The number of ether oxygens (including phenoxy) is 1. The minimum Gasteiger partial charge on any atom is -0.484 e. The Balaban J connectivity index is 1.86. The van der Waals surface area contributed by atoms with E-state index in [1.54, 1.807) is 7.05 Å². The van der Waals surface area contributed by atoms with Gasteiger partial charge < -0.3 is 15.0 Å². The van der Waals surface area contributed by atoms with Crippen molar-refractivity contribution in [1.82, 2.24) is 15.3 Å². The number of amides is 1. The highest BCUT2D eigenvalue weighted by molar-refractivity contribution is 5.91. The SMILES string of the molecule is CNC(=O)COc1ccc(N(C)c2nc(C)nc3ccccc23)cc1. The Morgan fingerprint density at radius 2 is 1.84 bits per heavy atom. The number of para-hydroxylation sites is 1. The Morgan fingerprint density at radius 3 is 2.56 bits per heavy atom. The first kappa shape index (κ1) is 16.7. The second-order valence-corrected chi connectivity index (χ2v) is 5.63. The molecule has 0 aliphatic rings. The lowest BCUT2D eigenvalue weighted by molar-refractivity contribution is -0.122. The molecule has 1 aromatic heterocycles. The molecule has 0 saturated carbocycles. The van der Waals surface area contributed by atoms with E-state index in [9.17, 15) is 4.79 Å². The van der Waals surface area contributed by atoms with E-state index >= 15 is 0 Å². The first-order valence-corrected chi connectivity index (χ1v) is 7.99. The summed E-state index contributed by atoms with van der Waals surface area (Å²) in [7, 11) is 3.55. The van der Waals surface area contributed by atoms with E-state index in [-0.39, 0.29) is 12.5 Å². The van der Waals surface area contributed by atoms with E-state index in [0.717, 1.165) is 28.2 Å². The zero-order valence-electron chi connectivity index (χ0n) is 14.5. The van der Waals surface area contributed by atoms with Crippen LogP contribution in [0.2, 0.25) is 0 Å². The smallest absolute Gasteiger partial charge is 0.257 e. The molecule has 0 unspecified atom stereocenters. The fraction of sp³-hybridized carbons (Fsp3) is 0.211. The van der Waals surface area contributed by atoms with Gasteiger partial charge >= 0.3 is 0 Å². The summed E-state index contributed by atoms with van der Waals surface area (Å²) in [6.45, 7) is 1.89. The van der Waals surface area contributed by atoms with E-state index in [4.69, 9.17) is 4.74 Å². The normalized spacial score (nSPS) is 10.5. The average molecular weight is 336 g/mol. The second-order valence-electron chi connectivity index (χ2n) is 5.63. The highest BCUT2D eigenvalue weighted by Crippen LogP contribution is 2.29. The molecule has 0 fully saturated rings. The molecule has 6 heteroatoms. The number of rotatable bonds is 5. The van der Waals surface area contributed by atoms with Crippen molar-refractivity contribution in [2.45, 2.75) is 6.92 Å². The number of nitrogens with zero attached hydrogens (tertiary/aromatic N) is 3. The van der Waals surface area contributed by atoms with Gasteiger partial charge in [0.1, 0.15) is 17.4 Å². The molecule has 2 aromatic carbocycles. The number of benzene rings is 2. The summed E-state index contributed by atoms with van der Waals surface area (Å²) in [5.41, 5.74) is 1.89. The summed E-state index contributed by atoms with van der Waals surface area (Å²) in [5, 5.41) is 3.52. The fourth-order valence-electron chi connectivity index (χ4n) is 2.54. The molecule has 3 rings (SSSR count). The highest BCUT2D eigenvalue weighted by atomic mass is 16.5. The van der Waals surface area contributed by atoms with Crippen molar-refractivity contribution in [2.75, 3.05) is 25.6 Å². The van der Waals surface area contributed by atoms with Crippen LogP contribution in [0, 0.1) is 6.92 Å². The van der Waals surface area contributed by atoms with Gasteiger partial charge in [0.05, 0.1) is 5.52 Å². The van der Waals surface area contributed by atoms with E-state index in [1.807, 2.05) is 67.4 Å². The van der Waals surface area contributed by atoms with Gasteiger partial charge in [-0.15, -0.1) is 0 Å². The molecular weight excluding hydrogens is 316 g/mol. The van der Waals surface area contributed by atoms with Crippen LogP contribution in [0.5, 0.6) is 5.75 Å². The Bertz CT molecular complexity index is 894. The predicted octanol–water partition coefficient (Wildman–Crippen LogP) is 2.83. The monoisotopic (exact) mass is 336 g/mol. The molecule has 3 aromatic rings. The summed E-state index contributed by atoms with van der Waals surface area (Å²) in [6.07, 6.45) is 0. The topological polar surface area (TPSA) is 67.3 Å². The van der Waals surface area contributed by atoms with Crippen molar-refractivity contribution in [3.63, 3.8) is 0 Å². The van der Waals surface area contributed by atoms with Crippen LogP contribution < -0.4 is 15.0 Å². The standard InChI is InChI=1S/C19H20N4O2/c1-13-21-17-7-5-4-6-16(17)19(22-13)23(3)14-8-10-15(11-9-14)25-12-18(24)20-2/h4-11H,12H2,1-3H3,(H,20,24). The van der Waals surface area contributed by atoms with Gasteiger partial charge in [-0.25, -0.2) is 9.97 Å². The summed E-state index contributed by atoms with van der Waals surface area (Å²) in [6, 6.07) is 15.5. The van der Waals surface area contributed by atoms with Crippen LogP contribution in [0.15, 0.2) is 48.5 Å². The Morgan fingerprint density at radius 1 is 1.12 bits per heavy atom. The van der Waals surface area contributed by atoms with Crippen molar-refractivity contribution in [3.8, 4) is 5.75 Å². The summed E-state index contributed by atoms with van der Waals surface area (Å²) >= 11 is 0. The maximum atomic E-state index is 11.2. The number of likely N-dealkylation sites (N-methyl/N-ethyl adjacent to an activating group) is 1. The number of nitrogens with one attached hydrogen (secondary N) is 1. The minimum absolute atomic E-state index is 0.00142. The number of aromatic nitrogens is 2. The number of anilines is 2. The molecular formula is C19H20N4O2. The molecule has 25 heavy (non-hydrogen) atoms. The van der Waals surface area contributed by atoms with E-state index < -0.39 is 0 Å². The number of fused-ring (bicyclic) bond motifs is 1. The number of hydrogen-bond donors (Lipinski definition) is 1. The average Bonchev–Trinajstić information content (AvgIpc) is 2.65. The van der Waals surface area contributed by atoms with Crippen molar-refractivity contribution in [1.29, 1.82) is 0 Å². The Labute approximate surface area is 146 Å². The molecule has 1 amide bonds. The fourth-order valence-corrected chi connectivity index (χ4v) is 2.54. The maximum absolute atomic E-state index is 11.2. The van der Waals surface area contributed by atoms with E-state index in [2.05, 4.69) is 15.3 Å². The zero-order valence-corrected chi connectivity index (χ0v) is 14.5. The van der Waals surface area contributed by atoms with Crippen molar-refractivity contribution in [2.24, 2.45) is 0 Å². The van der Waals surface area contributed by atoms with Gasteiger partial charge in [0, 0.05) is 25.2 Å². The van der Waals surface area contributed by atoms with Crippen molar-refractivity contribution >= 4 is 28.3 Å². The van der Waals surface area contributed by atoms with E-state index in [1.165, 1.54) is 0 Å². The highest BCUT2D eigenvalue weighted by Gasteiger charge is 2.12. The molecule has 1 heterocycles. The molecule has 0 spiro atoms. The van der Waals surface area contributed by atoms with Crippen LogP contribution >= 0.6 is 0 Å². The number of hydrogen-bond acceptors (Lipinski definition) is 5. The van der Waals surface area contributed by atoms with Gasteiger partial charge in [-0.1, -0.05) is 12.1 Å². The molecule has 128 valence electrons. The Hall–Kier alpha value is -3.15. The van der Waals surface area contributed by atoms with Gasteiger partial charge in [0.25, 0.3) is 5.91 Å². The molecule has 0 aliphatic carbocycles. The number of carbonyl (C=O) groups is 1. The summed E-state index contributed by atoms with van der Waals surface area (Å²) < 4.78 is 5.43. The van der Waals surface area contributed by atoms with Crippen LogP contribution in [0.3, 0.4) is 0 Å².